The molecule has 0 aromatic heterocycles. The highest BCUT2D eigenvalue weighted by Gasteiger charge is 2.37. The molecule has 0 saturated carbocycles. The van der Waals surface area contributed by atoms with Crippen molar-refractivity contribution in [3.63, 3.8) is 0 Å². The van der Waals surface area contributed by atoms with Crippen LogP contribution in [0.4, 0.5) is 23.7 Å². The molecular formula is C24H26Cl2F3N3O5S. The van der Waals surface area contributed by atoms with Crippen LogP contribution in [0.2, 0.25) is 10.0 Å². The molecule has 14 heteroatoms. The van der Waals surface area contributed by atoms with E-state index in [4.69, 9.17) is 28.3 Å². The van der Waals surface area contributed by atoms with Gasteiger partial charge >= 0.3 is 12.3 Å². The molecule has 1 aliphatic heterocycles. The molecule has 1 heterocycles. The lowest BCUT2D eigenvalue weighted by molar-refractivity contribution is -0.138. The highest BCUT2D eigenvalue weighted by atomic mass is 35.5. The van der Waals surface area contributed by atoms with Crippen molar-refractivity contribution in [1.29, 1.82) is 0 Å². The van der Waals surface area contributed by atoms with Crippen LogP contribution < -0.4 is 10.2 Å². The number of benzene rings is 2. The third-order valence-electron chi connectivity index (χ3n) is 6.35. The highest BCUT2D eigenvalue weighted by Crippen LogP contribution is 2.38. The summed E-state index contributed by atoms with van der Waals surface area (Å²) in [5.74, 6) is -1.16. The smallest absolute Gasteiger partial charge is 0.416 e. The fourth-order valence-electron chi connectivity index (χ4n) is 4.28. The van der Waals surface area contributed by atoms with Crippen LogP contribution in [0.15, 0.2) is 35.2 Å². The number of hydrogen-bond donors (Lipinski definition) is 2. The number of nitrogens with one attached hydrogen (secondary N) is 1. The number of alkyl halides is 3. The summed E-state index contributed by atoms with van der Waals surface area (Å²) in [6.45, 7) is 1.98. The summed E-state index contributed by atoms with van der Waals surface area (Å²) in [5, 5.41) is 11.1. The van der Waals surface area contributed by atoms with E-state index in [0.29, 0.717) is 32.0 Å². The maximum atomic E-state index is 14.1. The number of sulfone groups is 1. The third kappa shape index (κ3) is 6.90. The number of anilines is 1. The van der Waals surface area contributed by atoms with Crippen molar-refractivity contribution in [2.75, 3.05) is 30.8 Å². The predicted octanol–water partition coefficient (Wildman–Crippen LogP) is 5.31. The number of likely N-dealkylation sites (tertiary alicyclic amines) is 1. The van der Waals surface area contributed by atoms with Crippen LogP contribution in [-0.2, 0) is 22.6 Å². The molecule has 2 aromatic rings. The molecule has 0 unspecified atom stereocenters. The van der Waals surface area contributed by atoms with Crippen LogP contribution in [0.1, 0.15) is 41.3 Å². The van der Waals surface area contributed by atoms with Crippen LogP contribution in [0.5, 0.6) is 0 Å². The van der Waals surface area contributed by atoms with Gasteiger partial charge in [0.15, 0.2) is 9.84 Å². The van der Waals surface area contributed by atoms with Gasteiger partial charge in [-0.2, -0.15) is 13.2 Å². The molecule has 0 radical (unpaired) electrons. The normalized spacial score (nSPS) is 15.3. The van der Waals surface area contributed by atoms with E-state index in [-0.39, 0.29) is 50.1 Å². The van der Waals surface area contributed by atoms with Gasteiger partial charge in [0.25, 0.3) is 5.91 Å². The number of halogens is 5. The predicted molar refractivity (Wildman–Crippen MR) is 138 cm³/mol. The summed E-state index contributed by atoms with van der Waals surface area (Å²) in [6.07, 6.45) is -5.14. The maximum absolute atomic E-state index is 14.1. The standard InChI is InChI=1S/C24H26Cl2F3N3O5S/c1-3-38(36,37)21-5-4-15(25)12-20(21)31(2)22(33)14-10-18(24(27,28)29)17(19(26)11-14)13-32-8-6-16(7-9-32)30-23(34)35/h4-5,10-12,16,30H,3,6-9,13H2,1-2H3,(H,34,35). The molecule has 2 amide bonds. The summed E-state index contributed by atoms with van der Waals surface area (Å²) in [7, 11) is -2.54. The van der Waals surface area contributed by atoms with Gasteiger partial charge in [0.1, 0.15) is 0 Å². The first-order valence-corrected chi connectivity index (χ1v) is 14.0. The molecule has 38 heavy (non-hydrogen) atoms. The summed E-state index contributed by atoms with van der Waals surface area (Å²) in [5.41, 5.74) is -1.74. The molecule has 208 valence electrons. The Morgan fingerprint density at radius 3 is 2.34 bits per heavy atom. The average molecular weight is 596 g/mol. The molecule has 3 rings (SSSR count). The second kappa shape index (κ2) is 11.7. The number of piperidine rings is 1. The molecule has 1 fully saturated rings. The first-order valence-electron chi connectivity index (χ1n) is 11.6. The Labute approximate surface area is 228 Å². The van der Waals surface area contributed by atoms with E-state index in [2.05, 4.69) is 5.32 Å². The zero-order valence-electron chi connectivity index (χ0n) is 20.5. The second-order valence-electron chi connectivity index (χ2n) is 8.86. The minimum atomic E-state index is -4.83. The van der Waals surface area contributed by atoms with Crippen LogP contribution >= 0.6 is 23.2 Å². The zero-order valence-corrected chi connectivity index (χ0v) is 22.8. The van der Waals surface area contributed by atoms with E-state index < -0.39 is 33.6 Å². The Hall–Kier alpha value is -2.54. The van der Waals surface area contributed by atoms with E-state index in [9.17, 15) is 31.2 Å². The highest BCUT2D eigenvalue weighted by molar-refractivity contribution is 7.91. The maximum Gasteiger partial charge on any atom is 0.416 e. The molecule has 2 N–H and O–H groups in total. The minimum absolute atomic E-state index is 0.0732. The van der Waals surface area contributed by atoms with E-state index >= 15 is 0 Å². The lowest BCUT2D eigenvalue weighted by atomic mass is 9.99. The molecule has 2 aromatic carbocycles. The van der Waals surface area contributed by atoms with Crippen molar-refractivity contribution < 1.29 is 36.3 Å². The Kier molecular flexibility index (Phi) is 9.23. The van der Waals surface area contributed by atoms with E-state index in [0.717, 1.165) is 11.0 Å². The summed E-state index contributed by atoms with van der Waals surface area (Å²) < 4.78 is 67.4. The van der Waals surface area contributed by atoms with Crippen molar-refractivity contribution in [1.82, 2.24) is 10.2 Å². The van der Waals surface area contributed by atoms with E-state index in [1.54, 1.807) is 4.90 Å². The zero-order chi connectivity index (χ0) is 28.4. The third-order valence-corrected chi connectivity index (χ3v) is 8.69. The van der Waals surface area contributed by atoms with Crippen molar-refractivity contribution in [2.45, 2.75) is 43.4 Å². The van der Waals surface area contributed by atoms with E-state index in [1.807, 2.05) is 0 Å². The van der Waals surface area contributed by atoms with Gasteiger partial charge in [0.05, 0.1) is 21.9 Å². The SMILES string of the molecule is CCS(=O)(=O)c1ccc(Cl)cc1N(C)C(=O)c1cc(Cl)c(CN2CCC(NC(=O)O)CC2)c(C(F)(F)F)c1. The van der Waals surface area contributed by atoms with E-state index in [1.165, 1.54) is 32.2 Å². The fraction of sp³-hybridized carbons (Fsp3) is 0.417. The summed E-state index contributed by atoms with van der Waals surface area (Å²) in [4.78, 5) is 26.6. The van der Waals surface area contributed by atoms with Gasteiger partial charge in [-0.15, -0.1) is 0 Å². The molecule has 0 spiro atoms. The number of amides is 2. The number of nitrogens with zero attached hydrogens (tertiary/aromatic N) is 2. The van der Waals surface area contributed by atoms with Gasteiger partial charge in [-0.25, -0.2) is 13.2 Å². The number of carbonyl (C=O) groups is 2. The van der Waals surface area contributed by atoms with Crippen molar-refractivity contribution >= 4 is 50.7 Å². The molecule has 1 aliphatic rings. The average Bonchev–Trinajstić information content (AvgIpc) is 2.84. The quantitative estimate of drug-likeness (QED) is 0.449. The summed E-state index contributed by atoms with van der Waals surface area (Å²) >= 11 is 12.3. The number of carboxylic acid groups (broad SMARTS) is 1. The lowest BCUT2D eigenvalue weighted by Gasteiger charge is -2.32. The largest absolute Gasteiger partial charge is 0.465 e. The Bertz CT molecular complexity index is 1330. The molecule has 0 atom stereocenters. The molecule has 1 saturated heterocycles. The minimum Gasteiger partial charge on any atom is -0.465 e. The lowest BCUT2D eigenvalue weighted by Crippen LogP contribution is -2.44. The Morgan fingerprint density at radius 2 is 1.79 bits per heavy atom. The molecule has 8 nitrogen and oxygen atoms in total. The van der Waals surface area contributed by atoms with Crippen LogP contribution in [0.3, 0.4) is 0 Å². The van der Waals surface area contributed by atoms with Gasteiger partial charge < -0.3 is 15.3 Å². The van der Waals surface area contributed by atoms with Gasteiger partial charge in [0, 0.05) is 48.3 Å². The number of carbonyl (C=O) groups excluding carboxylic acids is 1. The van der Waals surface area contributed by atoms with Crippen LogP contribution in [-0.4, -0.2) is 62.4 Å². The van der Waals surface area contributed by atoms with Gasteiger partial charge in [0.2, 0.25) is 0 Å². The Morgan fingerprint density at radius 1 is 1.16 bits per heavy atom. The Balaban J connectivity index is 1.94. The number of rotatable bonds is 7. The molecule has 0 aliphatic carbocycles. The monoisotopic (exact) mass is 595 g/mol. The molecule has 0 bridgehead atoms. The first kappa shape index (κ1) is 30.0. The molecular weight excluding hydrogens is 570 g/mol. The van der Waals surface area contributed by atoms with Crippen LogP contribution in [0.25, 0.3) is 0 Å². The fourth-order valence-corrected chi connectivity index (χ4v) is 5.83. The van der Waals surface area contributed by atoms with Crippen molar-refractivity contribution in [3.05, 3.63) is 57.1 Å². The first-order chi connectivity index (χ1) is 17.6. The number of hydrogen-bond acceptors (Lipinski definition) is 5. The second-order valence-corrected chi connectivity index (χ2v) is 12.0. The van der Waals surface area contributed by atoms with Gasteiger partial charge in [-0.3, -0.25) is 9.69 Å². The summed E-state index contributed by atoms with van der Waals surface area (Å²) in [6, 6.07) is 5.39. The van der Waals surface area contributed by atoms with Crippen molar-refractivity contribution in [3.8, 4) is 0 Å². The van der Waals surface area contributed by atoms with Crippen molar-refractivity contribution in [2.24, 2.45) is 0 Å². The van der Waals surface area contributed by atoms with Crippen LogP contribution in [0, 0.1) is 0 Å². The van der Waals surface area contributed by atoms with Gasteiger partial charge in [-0.1, -0.05) is 30.1 Å². The topological polar surface area (TPSA) is 107 Å². The van der Waals surface area contributed by atoms with Gasteiger partial charge in [-0.05, 0) is 48.7 Å².